The van der Waals surface area contributed by atoms with Crippen molar-refractivity contribution >= 4 is 11.4 Å². The van der Waals surface area contributed by atoms with Crippen LogP contribution in [0, 0.1) is 10.8 Å². The van der Waals surface area contributed by atoms with Crippen LogP contribution in [0.2, 0.25) is 0 Å². The third-order valence-corrected chi connectivity index (χ3v) is 7.64. The van der Waals surface area contributed by atoms with Crippen LogP contribution in [0.3, 0.4) is 0 Å². The second kappa shape index (κ2) is 9.31. The Balaban J connectivity index is 1.64. The molecule has 3 fully saturated rings. The van der Waals surface area contributed by atoms with Gasteiger partial charge in [-0.2, -0.15) is 0 Å². The number of hydrogen-bond donors (Lipinski definition) is 0. The van der Waals surface area contributed by atoms with Crippen molar-refractivity contribution in [3.8, 4) is 0 Å². The van der Waals surface area contributed by atoms with Crippen LogP contribution >= 0.6 is 0 Å². The number of nitrogens with zero attached hydrogens (tertiary/aromatic N) is 3. The lowest BCUT2D eigenvalue weighted by molar-refractivity contribution is 0.0969. The Morgan fingerprint density at radius 2 is 1.52 bits per heavy atom. The molecular weight excluding hydrogens is 382 g/mol. The zero-order valence-corrected chi connectivity index (χ0v) is 20.8. The van der Waals surface area contributed by atoms with Crippen molar-refractivity contribution in [2.45, 2.75) is 66.2 Å². The molecule has 2 aliphatic heterocycles. The van der Waals surface area contributed by atoms with Crippen LogP contribution < -0.4 is 9.80 Å². The quantitative estimate of drug-likeness (QED) is 0.628. The van der Waals surface area contributed by atoms with Crippen molar-refractivity contribution in [2.24, 2.45) is 10.8 Å². The molecule has 31 heavy (non-hydrogen) atoms. The molecule has 2 heterocycles. The first-order chi connectivity index (χ1) is 14.8. The fourth-order valence-electron chi connectivity index (χ4n) is 6.76. The van der Waals surface area contributed by atoms with Gasteiger partial charge in [-0.25, -0.2) is 0 Å². The molecule has 174 valence electrons. The zero-order valence-electron chi connectivity index (χ0n) is 20.8. The number of rotatable bonds is 5. The topological polar surface area (TPSA) is 19.0 Å². The van der Waals surface area contributed by atoms with Gasteiger partial charge in [-0.15, -0.1) is 0 Å². The lowest BCUT2D eigenvalue weighted by Gasteiger charge is -2.46. The van der Waals surface area contributed by atoms with Crippen LogP contribution in [0.15, 0.2) is 18.2 Å². The highest BCUT2D eigenvalue weighted by Crippen LogP contribution is 2.53. The summed E-state index contributed by atoms with van der Waals surface area (Å²) in [7, 11) is 0. The zero-order chi connectivity index (χ0) is 22.1. The Morgan fingerprint density at radius 3 is 2.13 bits per heavy atom. The van der Waals surface area contributed by atoms with Gasteiger partial charge < -0.3 is 14.5 Å². The van der Waals surface area contributed by atoms with Crippen molar-refractivity contribution < 1.29 is 4.74 Å². The summed E-state index contributed by atoms with van der Waals surface area (Å²) in [4.78, 5) is 7.84. The fourth-order valence-corrected chi connectivity index (χ4v) is 6.76. The van der Waals surface area contributed by atoms with Crippen molar-refractivity contribution in [1.29, 1.82) is 0 Å². The van der Waals surface area contributed by atoms with E-state index in [1.807, 2.05) is 0 Å². The second-order valence-corrected chi connectivity index (χ2v) is 11.8. The van der Waals surface area contributed by atoms with Crippen LogP contribution in [0.5, 0.6) is 0 Å². The normalized spacial score (nSPS) is 25.1. The van der Waals surface area contributed by atoms with E-state index in [4.69, 9.17) is 4.74 Å². The van der Waals surface area contributed by atoms with Crippen LogP contribution in [-0.2, 0) is 4.74 Å². The largest absolute Gasteiger partial charge is 0.378 e. The van der Waals surface area contributed by atoms with Gasteiger partial charge >= 0.3 is 0 Å². The number of anilines is 2. The lowest BCUT2D eigenvalue weighted by Crippen LogP contribution is -2.47. The van der Waals surface area contributed by atoms with Crippen LogP contribution in [0.1, 0.15) is 71.8 Å². The molecule has 4 rings (SSSR count). The molecule has 1 aromatic carbocycles. The van der Waals surface area contributed by atoms with Gasteiger partial charge in [-0.3, -0.25) is 4.90 Å². The third kappa shape index (κ3) is 5.57. The molecule has 1 aliphatic carbocycles. The standard InChI is InChI=1S/C27H45N3O/c1-6-9-28-10-12-30(13-11-28)25-18-23(29-14-16-31-17-15-29)7-8-24(25)22-19-26(2,3)21-27(4,5)20-22/h7-8,18,22H,6,9-17,19-21H2,1-5H3. The molecule has 0 atom stereocenters. The van der Waals surface area contributed by atoms with Gasteiger partial charge in [0.1, 0.15) is 0 Å². The summed E-state index contributed by atoms with van der Waals surface area (Å²) in [6, 6.07) is 7.40. The Hall–Kier alpha value is -1.26. The van der Waals surface area contributed by atoms with Crippen molar-refractivity contribution in [3.63, 3.8) is 0 Å². The van der Waals surface area contributed by atoms with Gasteiger partial charge in [0, 0.05) is 50.6 Å². The maximum atomic E-state index is 5.61. The van der Waals surface area contributed by atoms with Gasteiger partial charge in [0.05, 0.1) is 13.2 Å². The first-order valence-electron chi connectivity index (χ1n) is 12.7. The number of benzene rings is 1. The predicted molar refractivity (Wildman–Crippen MR) is 133 cm³/mol. The van der Waals surface area contributed by atoms with Crippen LogP contribution in [-0.4, -0.2) is 63.9 Å². The molecule has 0 spiro atoms. The van der Waals surface area contributed by atoms with Crippen molar-refractivity contribution in [3.05, 3.63) is 23.8 Å². The maximum Gasteiger partial charge on any atom is 0.0642 e. The Kier molecular flexibility index (Phi) is 6.88. The molecule has 1 aromatic rings. The first kappa shape index (κ1) is 22.9. The molecule has 3 aliphatic rings. The molecule has 4 nitrogen and oxygen atoms in total. The van der Waals surface area contributed by atoms with Gasteiger partial charge in [0.25, 0.3) is 0 Å². The summed E-state index contributed by atoms with van der Waals surface area (Å²) >= 11 is 0. The molecule has 0 amide bonds. The number of piperazine rings is 1. The molecule has 1 saturated carbocycles. The highest BCUT2D eigenvalue weighted by molar-refractivity contribution is 5.65. The van der Waals surface area contributed by atoms with Crippen molar-refractivity contribution in [2.75, 3.05) is 68.8 Å². The van der Waals surface area contributed by atoms with E-state index in [2.05, 4.69) is 67.5 Å². The Bertz CT molecular complexity index is 714. The summed E-state index contributed by atoms with van der Waals surface area (Å²) in [6.45, 7) is 21.8. The van der Waals surface area contributed by atoms with E-state index < -0.39 is 0 Å². The average Bonchev–Trinajstić information content (AvgIpc) is 2.73. The summed E-state index contributed by atoms with van der Waals surface area (Å²) in [5.41, 5.74) is 5.31. The number of morpholine rings is 1. The first-order valence-corrected chi connectivity index (χ1v) is 12.7. The van der Waals surface area contributed by atoms with E-state index in [1.165, 1.54) is 56.7 Å². The second-order valence-electron chi connectivity index (χ2n) is 11.8. The van der Waals surface area contributed by atoms with E-state index in [-0.39, 0.29) is 0 Å². The van der Waals surface area contributed by atoms with Gasteiger partial charge in [0.15, 0.2) is 0 Å². The monoisotopic (exact) mass is 427 g/mol. The summed E-state index contributed by atoms with van der Waals surface area (Å²) in [5, 5.41) is 0. The van der Waals surface area contributed by atoms with Gasteiger partial charge in [-0.1, -0.05) is 40.7 Å². The SMILES string of the molecule is CCCN1CCN(c2cc(N3CCOCC3)ccc2C2CC(C)(C)CC(C)(C)C2)CC1. The molecular formula is C27H45N3O. The minimum absolute atomic E-state index is 0.409. The molecule has 0 bridgehead atoms. The van der Waals surface area contributed by atoms with E-state index in [9.17, 15) is 0 Å². The van der Waals surface area contributed by atoms with E-state index in [0.29, 0.717) is 16.7 Å². The molecule has 0 aromatic heterocycles. The predicted octanol–water partition coefficient (Wildman–Crippen LogP) is 5.38. The van der Waals surface area contributed by atoms with E-state index >= 15 is 0 Å². The summed E-state index contributed by atoms with van der Waals surface area (Å²) in [5.74, 6) is 0.654. The minimum atomic E-state index is 0.409. The highest BCUT2D eigenvalue weighted by Gasteiger charge is 2.40. The average molecular weight is 428 g/mol. The van der Waals surface area contributed by atoms with E-state index in [1.54, 1.807) is 5.56 Å². The lowest BCUT2D eigenvalue weighted by atomic mass is 9.60. The van der Waals surface area contributed by atoms with Gasteiger partial charge in [-0.05, 0) is 66.7 Å². The molecule has 2 saturated heterocycles. The Labute approximate surface area is 190 Å². The van der Waals surface area contributed by atoms with Crippen molar-refractivity contribution in [1.82, 2.24) is 4.90 Å². The smallest absolute Gasteiger partial charge is 0.0642 e. The highest BCUT2D eigenvalue weighted by atomic mass is 16.5. The molecule has 0 unspecified atom stereocenters. The molecule has 0 N–H and O–H groups in total. The van der Waals surface area contributed by atoms with Gasteiger partial charge in [0.2, 0.25) is 0 Å². The van der Waals surface area contributed by atoms with Crippen LogP contribution in [0.4, 0.5) is 11.4 Å². The Morgan fingerprint density at radius 1 is 0.871 bits per heavy atom. The number of hydrogen-bond acceptors (Lipinski definition) is 4. The number of ether oxygens (including phenoxy) is 1. The fraction of sp³-hybridized carbons (Fsp3) is 0.778. The summed E-state index contributed by atoms with van der Waals surface area (Å²) in [6.07, 6.45) is 5.18. The maximum absolute atomic E-state index is 5.61. The molecule has 0 radical (unpaired) electrons. The van der Waals surface area contributed by atoms with Crippen LogP contribution in [0.25, 0.3) is 0 Å². The molecule has 4 heteroatoms. The third-order valence-electron chi connectivity index (χ3n) is 7.64. The summed E-state index contributed by atoms with van der Waals surface area (Å²) < 4.78 is 5.61. The minimum Gasteiger partial charge on any atom is -0.378 e. The van der Waals surface area contributed by atoms with E-state index in [0.717, 1.165) is 39.4 Å².